The number of rotatable bonds is 3. The Kier molecular flexibility index (Phi) is 5.04. The highest BCUT2D eigenvalue weighted by Gasteiger charge is 2.32. The number of carbonyl (C=O) groups excluding carboxylic acids is 1. The maximum absolute atomic E-state index is 13.2. The molecule has 1 amide bonds. The Morgan fingerprint density at radius 1 is 0.926 bits per heavy atom. The van der Waals surface area contributed by atoms with Gasteiger partial charge in [0.2, 0.25) is 0 Å². The van der Waals surface area contributed by atoms with E-state index in [-0.39, 0.29) is 11.3 Å². The van der Waals surface area contributed by atoms with Crippen LogP contribution in [0.1, 0.15) is 32.4 Å². The van der Waals surface area contributed by atoms with Crippen LogP contribution in [0.3, 0.4) is 0 Å². The normalized spacial score (nSPS) is 16.5. The molecule has 1 aliphatic heterocycles. The molecule has 1 saturated heterocycles. The number of benzene rings is 3. The number of thioether (sulfide) groups is 1. The third-order valence-electron chi connectivity index (χ3n) is 5.08. The van der Waals surface area contributed by atoms with Crippen molar-refractivity contribution >= 4 is 17.7 Å². The highest BCUT2D eigenvalue weighted by molar-refractivity contribution is 7.99. The van der Waals surface area contributed by atoms with Gasteiger partial charge in [-0.2, -0.15) is 0 Å². The molecule has 0 unspecified atom stereocenters. The lowest BCUT2D eigenvalue weighted by molar-refractivity contribution is 0.0760. The van der Waals surface area contributed by atoms with Crippen LogP contribution in [0.2, 0.25) is 0 Å². The van der Waals surface area contributed by atoms with Crippen molar-refractivity contribution in [2.24, 2.45) is 0 Å². The first kappa shape index (κ1) is 17.9. The van der Waals surface area contributed by atoms with Crippen molar-refractivity contribution < 1.29 is 4.79 Å². The van der Waals surface area contributed by atoms with E-state index >= 15 is 0 Å². The molecular formula is C24H23NOS. The summed E-state index contributed by atoms with van der Waals surface area (Å²) in [5, 5.41) is 0.104. The first-order valence-electron chi connectivity index (χ1n) is 9.29. The van der Waals surface area contributed by atoms with Gasteiger partial charge in [-0.15, -0.1) is 11.8 Å². The summed E-state index contributed by atoms with van der Waals surface area (Å²) in [6.07, 6.45) is 0. The van der Waals surface area contributed by atoms with E-state index in [0.29, 0.717) is 0 Å². The van der Waals surface area contributed by atoms with Crippen LogP contribution in [0.25, 0.3) is 11.1 Å². The average molecular weight is 374 g/mol. The molecule has 27 heavy (non-hydrogen) atoms. The molecule has 1 aliphatic rings. The minimum Gasteiger partial charge on any atom is -0.322 e. The van der Waals surface area contributed by atoms with Crippen molar-refractivity contribution in [3.63, 3.8) is 0 Å². The molecule has 3 aromatic rings. The molecular weight excluding hydrogens is 350 g/mol. The van der Waals surface area contributed by atoms with E-state index in [9.17, 15) is 4.79 Å². The Morgan fingerprint density at radius 3 is 2.33 bits per heavy atom. The van der Waals surface area contributed by atoms with Crippen LogP contribution in [0.15, 0.2) is 72.8 Å². The second-order valence-electron chi connectivity index (χ2n) is 7.03. The van der Waals surface area contributed by atoms with E-state index in [1.54, 1.807) is 0 Å². The summed E-state index contributed by atoms with van der Waals surface area (Å²) in [7, 11) is 0. The molecule has 2 nitrogen and oxygen atoms in total. The molecule has 3 aromatic carbocycles. The predicted molar refractivity (Wildman–Crippen MR) is 114 cm³/mol. The number of hydrogen-bond acceptors (Lipinski definition) is 2. The Morgan fingerprint density at radius 2 is 1.63 bits per heavy atom. The maximum Gasteiger partial charge on any atom is 0.255 e. The molecule has 0 N–H and O–H groups in total. The van der Waals surface area contributed by atoms with Gasteiger partial charge in [-0.05, 0) is 48.2 Å². The molecule has 4 rings (SSSR count). The molecule has 0 radical (unpaired) electrons. The highest BCUT2D eigenvalue weighted by Crippen LogP contribution is 2.40. The second kappa shape index (κ2) is 7.61. The van der Waals surface area contributed by atoms with E-state index in [4.69, 9.17) is 0 Å². The molecule has 1 atom stereocenters. The smallest absolute Gasteiger partial charge is 0.255 e. The zero-order chi connectivity index (χ0) is 18.8. The maximum atomic E-state index is 13.2. The van der Waals surface area contributed by atoms with E-state index in [0.717, 1.165) is 23.4 Å². The van der Waals surface area contributed by atoms with Crippen molar-refractivity contribution in [2.75, 3.05) is 12.3 Å². The van der Waals surface area contributed by atoms with Gasteiger partial charge in [-0.1, -0.05) is 66.2 Å². The average Bonchev–Trinajstić information content (AvgIpc) is 3.18. The highest BCUT2D eigenvalue weighted by atomic mass is 32.2. The standard InChI is InChI=1S/C24H23NOS/c1-17-8-13-22(18(2)16-17)24-25(14-15-27-24)23(26)21-11-9-20(10-12-21)19-6-4-3-5-7-19/h3-13,16,24H,14-15H2,1-2H3/t24-/m0/s1. The van der Waals surface area contributed by atoms with Gasteiger partial charge in [0, 0.05) is 17.9 Å². The van der Waals surface area contributed by atoms with Crippen LogP contribution in [0.4, 0.5) is 0 Å². The van der Waals surface area contributed by atoms with Gasteiger partial charge in [0.15, 0.2) is 0 Å². The fraction of sp³-hybridized carbons (Fsp3) is 0.208. The molecule has 1 fully saturated rings. The van der Waals surface area contributed by atoms with Crippen molar-refractivity contribution in [1.29, 1.82) is 0 Å². The summed E-state index contributed by atoms with van der Waals surface area (Å²) >= 11 is 1.85. The van der Waals surface area contributed by atoms with Crippen LogP contribution >= 0.6 is 11.8 Å². The van der Waals surface area contributed by atoms with Crippen molar-refractivity contribution in [2.45, 2.75) is 19.2 Å². The number of aryl methyl sites for hydroxylation is 2. The summed E-state index contributed by atoms with van der Waals surface area (Å²) < 4.78 is 0. The quantitative estimate of drug-likeness (QED) is 0.573. The number of carbonyl (C=O) groups is 1. The van der Waals surface area contributed by atoms with Gasteiger partial charge in [-0.3, -0.25) is 4.79 Å². The van der Waals surface area contributed by atoms with Gasteiger partial charge in [0.05, 0.1) is 0 Å². The van der Waals surface area contributed by atoms with E-state index in [2.05, 4.69) is 44.2 Å². The third-order valence-corrected chi connectivity index (χ3v) is 6.32. The van der Waals surface area contributed by atoms with E-state index < -0.39 is 0 Å². The molecule has 136 valence electrons. The molecule has 0 bridgehead atoms. The fourth-order valence-electron chi connectivity index (χ4n) is 3.64. The Balaban J connectivity index is 1.58. The van der Waals surface area contributed by atoms with Gasteiger partial charge < -0.3 is 4.90 Å². The van der Waals surface area contributed by atoms with Crippen LogP contribution in [0.5, 0.6) is 0 Å². The molecule has 1 heterocycles. The largest absolute Gasteiger partial charge is 0.322 e. The van der Waals surface area contributed by atoms with Gasteiger partial charge in [-0.25, -0.2) is 0 Å². The molecule has 0 aliphatic carbocycles. The molecule has 0 saturated carbocycles. The summed E-state index contributed by atoms with van der Waals surface area (Å²) in [6.45, 7) is 5.04. The number of amides is 1. The monoisotopic (exact) mass is 373 g/mol. The van der Waals surface area contributed by atoms with Crippen molar-refractivity contribution in [3.8, 4) is 11.1 Å². The Hall–Kier alpha value is -2.52. The predicted octanol–water partition coefficient (Wildman–Crippen LogP) is 5.86. The topological polar surface area (TPSA) is 20.3 Å². The summed E-state index contributed by atoms with van der Waals surface area (Å²) in [4.78, 5) is 15.2. The fourth-order valence-corrected chi connectivity index (χ4v) is 4.99. The molecule has 3 heteroatoms. The first-order valence-corrected chi connectivity index (χ1v) is 10.3. The van der Waals surface area contributed by atoms with Gasteiger partial charge in [0.1, 0.15) is 5.37 Å². The van der Waals surface area contributed by atoms with Crippen molar-refractivity contribution in [3.05, 3.63) is 95.1 Å². The molecule has 0 aromatic heterocycles. The number of nitrogens with zero attached hydrogens (tertiary/aromatic N) is 1. The summed E-state index contributed by atoms with van der Waals surface area (Å²) in [5.74, 6) is 1.09. The first-order chi connectivity index (χ1) is 13.1. The number of hydrogen-bond donors (Lipinski definition) is 0. The van der Waals surface area contributed by atoms with Crippen LogP contribution in [-0.4, -0.2) is 23.1 Å². The second-order valence-corrected chi connectivity index (χ2v) is 8.21. The Labute approximate surface area is 165 Å². The lowest BCUT2D eigenvalue weighted by Gasteiger charge is -2.25. The van der Waals surface area contributed by atoms with Crippen LogP contribution in [0, 0.1) is 13.8 Å². The van der Waals surface area contributed by atoms with E-state index in [1.807, 2.05) is 59.1 Å². The van der Waals surface area contributed by atoms with E-state index in [1.165, 1.54) is 22.3 Å². The summed E-state index contributed by atoms with van der Waals surface area (Å²) in [5.41, 5.74) is 6.82. The van der Waals surface area contributed by atoms with Gasteiger partial charge >= 0.3 is 0 Å². The zero-order valence-corrected chi connectivity index (χ0v) is 16.5. The van der Waals surface area contributed by atoms with Crippen LogP contribution in [-0.2, 0) is 0 Å². The third kappa shape index (κ3) is 3.65. The zero-order valence-electron chi connectivity index (χ0n) is 15.7. The van der Waals surface area contributed by atoms with Crippen molar-refractivity contribution in [1.82, 2.24) is 4.90 Å². The lowest BCUT2D eigenvalue weighted by atomic mass is 10.0. The van der Waals surface area contributed by atoms with Gasteiger partial charge in [0.25, 0.3) is 5.91 Å². The summed E-state index contributed by atoms with van der Waals surface area (Å²) in [6, 6.07) is 24.7. The minimum atomic E-state index is 0.104. The Bertz CT molecular complexity index is 950. The molecule has 0 spiro atoms. The minimum absolute atomic E-state index is 0.104. The van der Waals surface area contributed by atoms with Crippen LogP contribution < -0.4 is 0 Å². The lowest BCUT2D eigenvalue weighted by Crippen LogP contribution is -2.30. The SMILES string of the molecule is Cc1ccc([C@@H]2SCCN2C(=O)c2ccc(-c3ccccc3)cc2)c(C)c1.